The zero-order chi connectivity index (χ0) is 17.7. The molecule has 3 heteroatoms. The fraction of sp³-hybridized carbons (Fsp3) is 0. The molecular weight excluding hydrogens is 398 g/mol. The number of nitrogens with zero attached hydrogens (tertiary/aromatic N) is 1. The molecule has 0 bridgehead atoms. The van der Waals surface area contributed by atoms with Gasteiger partial charge in [0.15, 0.2) is 11.2 Å². The van der Waals surface area contributed by atoms with Gasteiger partial charge >= 0.3 is 0 Å². The second-order valence-electron chi connectivity index (χ2n) is 7.12. The number of furan rings is 1. The van der Waals surface area contributed by atoms with Gasteiger partial charge in [-0.05, 0) is 51.0 Å². The summed E-state index contributed by atoms with van der Waals surface area (Å²) in [5.74, 6) is 0. The molecule has 4 aromatic carbocycles. The Balaban J connectivity index is 2.07. The molecule has 0 spiro atoms. The normalized spacial score (nSPS) is 12.6. The average Bonchev–Trinajstić information content (AvgIpc) is 3.19. The molecule has 0 atom stereocenters. The molecule has 3 aromatic heterocycles. The zero-order valence-corrected chi connectivity index (χ0v) is 15.7. The third kappa shape index (κ3) is 1.54. The molecule has 0 unspecified atom stereocenters. The molecule has 0 saturated carbocycles. The highest BCUT2D eigenvalue weighted by Gasteiger charge is 2.23. The van der Waals surface area contributed by atoms with Crippen molar-refractivity contribution in [2.24, 2.45) is 0 Å². The number of hydrogen-bond acceptors (Lipinski definition) is 1. The first-order chi connectivity index (χ1) is 13.3. The van der Waals surface area contributed by atoms with Gasteiger partial charge in [-0.3, -0.25) is 0 Å². The van der Waals surface area contributed by atoms with E-state index in [1.807, 2.05) is 0 Å². The van der Waals surface area contributed by atoms with Crippen LogP contribution in [-0.4, -0.2) is 4.40 Å². The minimum Gasteiger partial charge on any atom is -0.452 e. The lowest BCUT2D eigenvalue weighted by Crippen LogP contribution is -1.83. The quantitative estimate of drug-likeness (QED) is 0.253. The van der Waals surface area contributed by atoms with E-state index in [-0.39, 0.29) is 0 Å². The Morgan fingerprint density at radius 1 is 0.667 bits per heavy atom. The summed E-state index contributed by atoms with van der Waals surface area (Å²) in [7, 11) is 0. The summed E-state index contributed by atoms with van der Waals surface area (Å²) < 4.78 is 9.83. The number of aromatic nitrogens is 1. The highest BCUT2D eigenvalue weighted by Crippen LogP contribution is 2.46. The molecule has 7 rings (SSSR count). The SMILES string of the molecule is Brc1cc2cccc3c4ccccc4n4c5ccccc5c5oc1c(c23)c54. The molecule has 0 amide bonds. The first-order valence-electron chi connectivity index (χ1n) is 8.99. The van der Waals surface area contributed by atoms with Gasteiger partial charge in [-0.2, -0.15) is 0 Å². The van der Waals surface area contributed by atoms with E-state index < -0.39 is 0 Å². The minimum absolute atomic E-state index is 0.923. The van der Waals surface area contributed by atoms with Crippen LogP contribution in [0.1, 0.15) is 0 Å². The smallest absolute Gasteiger partial charge is 0.161 e. The summed E-state index contributed by atoms with van der Waals surface area (Å²) in [6, 6.07) is 25.9. The molecule has 0 fully saturated rings. The van der Waals surface area contributed by atoms with Crippen molar-refractivity contribution in [3.63, 3.8) is 0 Å². The Bertz CT molecular complexity index is 1690. The standard InChI is InChI=1S/C24H12BrNO/c25-17-12-13-6-5-9-15-14-7-1-3-10-18(14)26-19-11-4-2-8-16(19)23-22(26)21(20(13)15)24(17)27-23/h1-12H. The monoisotopic (exact) mass is 409 g/mol. The summed E-state index contributed by atoms with van der Waals surface area (Å²) in [5.41, 5.74) is 5.43. The maximum atomic E-state index is 6.46. The van der Waals surface area contributed by atoms with Gasteiger partial charge in [-0.1, -0.05) is 48.5 Å². The highest BCUT2D eigenvalue weighted by molar-refractivity contribution is 9.10. The second kappa shape index (κ2) is 4.62. The minimum atomic E-state index is 0.923. The fourth-order valence-electron chi connectivity index (χ4n) is 4.74. The van der Waals surface area contributed by atoms with Gasteiger partial charge in [0.05, 0.1) is 20.9 Å². The topological polar surface area (TPSA) is 17.6 Å². The molecule has 27 heavy (non-hydrogen) atoms. The van der Waals surface area contributed by atoms with Gasteiger partial charge in [0.25, 0.3) is 0 Å². The third-order valence-corrected chi connectivity index (χ3v) is 6.37. The molecule has 0 aliphatic rings. The van der Waals surface area contributed by atoms with Gasteiger partial charge in [0, 0.05) is 16.2 Å². The van der Waals surface area contributed by atoms with Crippen molar-refractivity contribution in [3.05, 3.63) is 77.3 Å². The van der Waals surface area contributed by atoms with E-state index in [0.717, 1.165) is 26.5 Å². The predicted molar refractivity (Wildman–Crippen MR) is 116 cm³/mol. The number of para-hydroxylation sites is 2. The van der Waals surface area contributed by atoms with Gasteiger partial charge in [-0.25, -0.2) is 0 Å². The first-order valence-corrected chi connectivity index (χ1v) is 9.79. The number of rotatable bonds is 0. The van der Waals surface area contributed by atoms with E-state index in [2.05, 4.69) is 93.1 Å². The second-order valence-corrected chi connectivity index (χ2v) is 7.97. The number of hydrogen-bond donors (Lipinski definition) is 0. The maximum Gasteiger partial charge on any atom is 0.161 e. The van der Waals surface area contributed by atoms with Crippen LogP contribution >= 0.6 is 15.9 Å². The van der Waals surface area contributed by atoms with Crippen molar-refractivity contribution in [2.75, 3.05) is 0 Å². The molecule has 3 heterocycles. The van der Waals surface area contributed by atoms with Crippen LogP contribution in [0.15, 0.2) is 81.7 Å². The van der Waals surface area contributed by atoms with Gasteiger partial charge in [0.1, 0.15) is 5.52 Å². The summed E-state index contributed by atoms with van der Waals surface area (Å²) in [6.07, 6.45) is 0. The van der Waals surface area contributed by atoms with Crippen molar-refractivity contribution in [2.45, 2.75) is 0 Å². The average molecular weight is 410 g/mol. The summed E-state index contributed by atoms with van der Waals surface area (Å²) in [5, 5.41) is 7.35. The molecule has 2 nitrogen and oxygen atoms in total. The van der Waals surface area contributed by atoms with E-state index in [1.54, 1.807) is 0 Å². The van der Waals surface area contributed by atoms with Crippen molar-refractivity contribution >= 4 is 76.0 Å². The molecule has 0 saturated heterocycles. The van der Waals surface area contributed by atoms with Gasteiger partial charge in [0.2, 0.25) is 0 Å². The zero-order valence-electron chi connectivity index (χ0n) is 14.2. The molecule has 0 radical (unpaired) electrons. The maximum absolute atomic E-state index is 6.46. The lowest BCUT2D eigenvalue weighted by molar-refractivity contribution is 0.671. The molecule has 0 aliphatic carbocycles. The van der Waals surface area contributed by atoms with E-state index in [4.69, 9.17) is 4.42 Å². The number of benzene rings is 4. The van der Waals surface area contributed by atoms with E-state index in [0.29, 0.717) is 0 Å². The van der Waals surface area contributed by atoms with Crippen LogP contribution in [0.5, 0.6) is 0 Å². The van der Waals surface area contributed by atoms with Crippen molar-refractivity contribution in [1.82, 2.24) is 4.40 Å². The third-order valence-electron chi connectivity index (χ3n) is 5.78. The number of fused-ring (bicyclic) bond motifs is 6. The molecule has 7 aromatic rings. The Kier molecular flexibility index (Phi) is 2.41. The molecule has 0 N–H and O–H groups in total. The predicted octanol–water partition coefficient (Wildman–Crippen LogP) is 7.50. The van der Waals surface area contributed by atoms with Crippen LogP contribution < -0.4 is 0 Å². The van der Waals surface area contributed by atoms with Gasteiger partial charge in [-0.15, -0.1) is 0 Å². The molecule has 126 valence electrons. The van der Waals surface area contributed by atoms with E-state index in [1.165, 1.54) is 38.0 Å². The van der Waals surface area contributed by atoms with Crippen molar-refractivity contribution in [3.8, 4) is 0 Å². The summed E-state index contributed by atoms with van der Waals surface area (Å²) in [4.78, 5) is 0. The Labute approximate surface area is 162 Å². The van der Waals surface area contributed by atoms with Crippen LogP contribution in [0.2, 0.25) is 0 Å². The Morgan fingerprint density at radius 2 is 1.37 bits per heavy atom. The van der Waals surface area contributed by atoms with Crippen LogP contribution in [0, 0.1) is 0 Å². The lowest BCUT2D eigenvalue weighted by atomic mass is 10.0. The summed E-state index contributed by atoms with van der Waals surface area (Å²) >= 11 is 3.75. The van der Waals surface area contributed by atoms with E-state index in [9.17, 15) is 0 Å². The van der Waals surface area contributed by atoms with Crippen LogP contribution in [0.3, 0.4) is 0 Å². The van der Waals surface area contributed by atoms with Gasteiger partial charge < -0.3 is 8.82 Å². The summed E-state index contributed by atoms with van der Waals surface area (Å²) in [6.45, 7) is 0. The Morgan fingerprint density at radius 3 is 2.22 bits per heavy atom. The highest BCUT2D eigenvalue weighted by atomic mass is 79.9. The Hall–Kier alpha value is -3.04. The number of halogens is 1. The molecular formula is C24H12BrNO. The largest absolute Gasteiger partial charge is 0.452 e. The van der Waals surface area contributed by atoms with Crippen LogP contribution in [0.4, 0.5) is 0 Å². The van der Waals surface area contributed by atoms with Crippen molar-refractivity contribution < 1.29 is 4.42 Å². The first kappa shape index (κ1) is 14.1. The van der Waals surface area contributed by atoms with Crippen LogP contribution in [0.25, 0.3) is 60.0 Å². The van der Waals surface area contributed by atoms with Crippen molar-refractivity contribution in [1.29, 1.82) is 0 Å². The van der Waals surface area contributed by atoms with E-state index >= 15 is 0 Å². The molecule has 0 aliphatic heterocycles. The lowest BCUT2D eigenvalue weighted by Gasteiger charge is -2.04. The van der Waals surface area contributed by atoms with Crippen LogP contribution in [-0.2, 0) is 0 Å². The fourth-order valence-corrected chi connectivity index (χ4v) is 5.27.